The van der Waals surface area contributed by atoms with Crippen LogP contribution >= 0.6 is 0 Å². The van der Waals surface area contributed by atoms with E-state index in [4.69, 9.17) is 14.9 Å². The number of rotatable bonds is 20. The molecule has 0 fully saturated rings. The van der Waals surface area contributed by atoms with Gasteiger partial charge in [0.1, 0.15) is 0 Å². The number of carbonyl (C=O) groups excluding carboxylic acids is 3. The van der Waals surface area contributed by atoms with Crippen molar-refractivity contribution in [2.75, 3.05) is 40.5 Å². The molecule has 0 aromatic heterocycles. The van der Waals surface area contributed by atoms with E-state index < -0.39 is 17.9 Å². The van der Waals surface area contributed by atoms with Crippen LogP contribution in [0.15, 0.2) is 61.3 Å². The van der Waals surface area contributed by atoms with Crippen LogP contribution in [0.3, 0.4) is 0 Å². The second-order valence-electron chi connectivity index (χ2n) is 10.5. The van der Waals surface area contributed by atoms with Crippen molar-refractivity contribution in [3.05, 3.63) is 61.3 Å². The van der Waals surface area contributed by atoms with E-state index in [1.165, 1.54) is 31.9 Å². The Hall–Kier alpha value is -3.99. The number of carbonyl (C=O) groups is 5. The van der Waals surface area contributed by atoms with E-state index in [0.717, 1.165) is 31.8 Å². The quantitative estimate of drug-likeness (QED) is 0.0609. The summed E-state index contributed by atoms with van der Waals surface area (Å²) in [5.74, 6) is -3.00. The van der Waals surface area contributed by atoms with Crippen molar-refractivity contribution in [3.63, 3.8) is 0 Å². The molecule has 2 atom stereocenters. The van der Waals surface area contributed by atoms with E-state index in [2.05, 4.69) is 49.6 Å². The highest BCUT2D eigenvalue weighted by Gasteiger charge is 2.16. The van der Waals surface area contributed by atoms with Gasteiger partial charge in [-0.25, -0.2) is 24.0 Å². The first-order valence-corrected chi connectivity index (χ1v) is 15.9. The molecule has 2 N–H and O–H groups in total. The van der Waals surface area contributed by atoms with Crippen molar-refractivity contribution in [3.8, 4) is 0 Å². The van der Waals surface area contributed by atoms with Gasteiger partial charge in [0, 0.05) is 41.3 Å². The standard InChI is InChI=1S/C14H27NO2.C10H14O4.C7H12O2.C5H8O2/c1-6-8-9-13(7-2)11-17-14(16)12(3)10-15(4)5;1-4-8(7(3)10(13)14)5-6(2)9(11)12;1-3-5-6-9-7(8)4-2;1-3-5(6)7-4-2/h13H,3,6-11H2,1-2,4-5H3;5,8H,3-4H2,1-2H3,(H,11,12)(H,13,14);4H,2-3,5-6H2,1H3;3H,1,4H2,2H3. The molecule has 0 heterocycles. The maximum absolute atomic E-state index is 11.6. The predicted molar refractivity (Wildman–Crippen MR) is 187 cm³/mol. The zero-order valence-corrected chi connectivity index (χ0v) is 30.1. The Bertz CT molecular complexity index is 998. The average Bonchev–Trinajstić information content (AvgIpc) is 3.03. The van der Waals surface area contributed by atoms with Crippen molar-refractivity contribution in [1.29, 1.82) is 0 Å². The summed E-state index contributed by atoms with van der Waals surface area (Å²) in [6.45, 7) is 27.0. The first-order chi connectivity index (χ1) is 22.0. The number of carboxylic acids is 2. The molecule has 0 radical (unpaired) electrons. The van der Waals surface area contributed by atoms with Crippen molar-refractivity contribution < 1.29 is 48.4 Å². The van der Waals surface area contributed by atoms with E-state index in [-0.39, 0.29) is 29.1 Å². The van der Waals surface area contributed by atoms with Crippen LogP contribution in [-0.4, -0.2) is 85.4 Å². The highest BCUT2D eigenvalue weighted by atomic mass is 16.5. The predicted octanol–water partition coefficient (Wildman–Crippen LogP) is 6.80. The lowest BCUT2D eigenvalue weighted by Gasteiger charge is -2.16. The zero-order chi connectivity index (χ0) is 37.4. The summed E-state index contributed by atoms with van der Waals surface area (Å²) >= 11 is 0. The van der Waals surface area contributed by atoms with Crippen LogP contribution in [0.1, 0.15) is 86.5 Å². The lowest BCUT2D eigenvalue weighted by Crippen LogP contribution is -2.22. The fourth-order valence-electron chi connectivity index (χ4n) is 3.21. The fourth-order valence-corrected chi connectivity index (χ4v) is 3.21. The summed E-state index contributed by atoms with van der Waals surface area (Å²) in [5.41, 5.74) is 0.688. The lowest BCUT2D eigenvalue weighted by molar-refractivity contribution is -0.141. The number of hydrogen-bond acceptors (Lipinski definition) is 9. The minimum Gasteiger partial charge on any atom is -0.478 e. The molecule has 0 aromatic carbocycles. The Morgan fingerprint density at radius 2 is 1.32 bits per heavy atom. The lowest BCUT2D eigenvalue weighted by atomic mass is 9.95. The Labute approximate surface area is 283 Å². The molecule has 11 nitrogen and oxygen atoms in total. The molecule has 0 amide bonds. The molecule has 0 saturated carbocycles. The molecule has 0 aliphatic heterocycles. The molecular weight excluding hydrogens is 606 g/mol. The second-order valence-corrected chi connectivity index (χ2v) is 10.5. The molecule has 47 heavy (non-hydrogen) atoms. The Morgan fingerprint density at radius 1 is 0.787 bits per heavy atom. The first-order valence-electron chi connectivity index (χ1n) is 15.9. The van der Waals surface area contributed by atoms with E-state index in [0.29, 0.717) is 44.3 Å². The van der Waals surface area contributed by atoms with Gasteiger partial charge in [0.15, 0.2) is 0 Å². The van der Waals surface area contributed by atoms with E-state index in [1.54, 1.807) is 13.8 Å². The van der Waals surface area contributed by atoms with E-state index in [9.17, 15) is 24.0 Å². The first kappa shape index (κ1) is 49.9. The van der Waals surface area contributed by atoms with Gasteiger partial charge in [-0.2, -0.15) is 0 Å². The number of allylic oxidation sites excluding steroid dienone is 1. The number of aliphatic carboxylic acids is 2. The molecule has 0 aromatic rings. The molecule has 0 rings (SSSR count). The number of carboxylic acid groups (broad SMARTS) is 2. The topological polar surface area (TPSA) is 157 Å². The van der Waals surface area contributed by atoms with Gasteiger partial charge >= 0.3 is 29.8 Å². The van der Waals surface area contributed by atoms with Gasteiger partial charge in [0.05, 0.1) is 19.8 Å². The minimum absolute atomic E-state index is 0.0214. The highest BCUT2D eigenvalue weighted by Crippen LogP contribution is 2.17. The van der Waals surface area contributed by atoms with Crippen LogP contribution < -0.4 is 0 Å². The Balaban J connectivity index is -0.000000277. The SMILES string of the molecule is C=C(C(=O)O)C(C=C(C)C(=O)O)CC.C=C(CN(C)C)C(=O)OCC(CC)CCCC.C=CC(=O)OCC.C=CC(=O)OCCCC. The fraction of sp³-hybridized carbons (Fsp3) is 0.583. The van der Waals surface area contributed by atoms with Crippen LogP contribution in [0.5, 0.6) is 0 Å². The van der Waals surface area contributed by atoms with Crippen molar-refractivity contribution in [1.82, 2.24) is 4.90 Å². The Kier molecular flexibility index (Phi) is 35.4. The molecular formula is C36H61NO10. The number of hydrogen-bond donors (Lipinski definition) is 2. The number of nitrogens with zero attached hydrogens (tertiary/aromatic N) is 1. The zero-order valence-electron chi connectivity index (χ0n) is 30.1. The number of unbranched alkanes of at least 4 members (excludes halogenated alkanes) is 2. The van der Waals surface area contributed by atoms with Crippen LogP contribution in [0, 0.1) is 11.8 Å². The summed E-state index contributed by atoms with van der Waals surface area (Å²) in [5, 5.41) is 17.3. The van der Waals surface area contributed by atoms with Crippen LogP contribution in [-0.2, 0) is 38.2 Å². The highest BCUT2D eigenvalue weighted by molar-refractivity contribution is 5.89. The summed E-state index contributed by atoms with van der Waals surface area (Å²) < 4.78 is 14.4. The molecule has 270 valence electrons. The molecule has 0 spiro atoms. The summed E-state index contributed by atoms with van der Waals surface area (Å²) in [4.78, 5) is 55.0. The van der Waals surface area contributed by atoms with E-state index in [1.807, 2.05) is 25.9 Å². The maximum atomic E-state index is 11.6. The maximum Gasteiger partial charge on any atom is 0.334 e. The van der Waals surface area contributed by atoms with Gasteiger partial charge < -0.3 is 29.3 Å². The molecule has 2 unspecified atom stereocenters. The summed E-state index contributed by atoms with van der Waals surface area (Å²) in [6.07, 6.45) is 10.8. The molecule has 0 saturated heterocycles. The van der Waals surface area contributed by atoms with Gasteiger partial charge in [-0.05, 0) is 53.1 Å². The monoisotopic (exact) mass is 667 g/mol. The van der Waals surface area contributed by atoms with Crippen LogP contribution in [0.4, 0.5) is 0 Å². The van der Waals surface area contributed by atoms with Crippen molar-refractivity contribution in [2.24, 2.45) is 11.8 Å². The Morgan fingerprint density at radius 3 is 1.68 bits per heavy atom. The van der Waals surface area contributed by atoms with Crippen LogP contribution in [0.25, 0.3) is 0 Å². The third-order valence-electron chi connectivity index (χ3n) is 6.10. The van der Waals surface area contributed by atoms with Crippen LogP contribution in [0.2, 0.25) is 0 Å². The number of likely N-dealkylation sites (N-methyl/N-ethyl adjacent to an activating group) is 1. The normalized spacial score (nSPS) is 11.3. The third-order valence-corrected chi connectivity index (χ3v) is 6.10. The third kappa shape index (κ3) is 33.2. The van der Waals surface area contributed by atoms with E-state index >= 15 is 0 Å². The largest absolute Gasteiger partial charge is 0.478 e. The van der Waals surface area contributed by atoms with Crippen molar-refractivity contribution >= 4 is 29.8 Å². The smallest absolute Gasteiger partial charge is 0.334 e. The average molecular weight is 668 g/mol. The van der Waals surface area contributed by atoms with Crippen molar-refractivity contribution in [2.45, 2.75) is 86.5 Å². The van der Waals surface area contributed by atoms with Gasteiger partial charge in [-0.3, -0.25) is 0 Å². The van der Waals surface area contributed by atoms with Gasteiger partial charge in [0.25, 0.3) is 0 Å². The molecule has 0 aliphatic carbocycles. The second kappa shape index (κ2) is 33.4. The molecule has 0 aliphatic rings. The summed E-state index contributed by atoms with van der Waals surface area (Å²) in [6, 6.07) is 0. The summed E-state index contributed by atoms with van der Waals surface area (Å²) in [7, 11) is 3.82. The number of esters is 3. The van der Waals surface area contributed by atoms with Gasteiger partial charge in [-0.1, -0.05) is 85.8 Å². The minimum atomic E-state index is -1.09. The molecule has 11 heteroatoms. The van der Waals surface area contributed by atoms with Gasteiger partial charge in [-0.15, -0.1) is 0 Å². The number of ether oxygens (including phenoxy) is 3. The van der Waals surface area contributed by atoms with Gasteiger partial charge in [0.2, 0.25) is 0 Å². The molecule has 0 bridgehead atoms.